The van der Waals surface area contributed by atoms with Gasteiger partial charge in [-0.1, -0.05) is 19.1 Å². The predicted octanol–water partition coefficient (Wildman–Crippen LogP) is 2.11. The van der Waals surface area contributed by atoms with Crippen molar-refractivity contribution in [3.8, 4) is 5.75 Å². The lowest BCUT2D eigenvalue weighted by Crippen LogP contribution is -2.15. The standard InChI is InChI=1S/C15H21NO2/c1-11(10-16)8-14(17)4-2-12-3-5-15-13(9-12)6-7-18-15/h3,5,9,11H,2,4,6-8,10,16H2,1H3. The Balaban J connectivity index is 1.85. The fourth-order valence-electron chi connectivity index (χ4n) is 2.25. The van der Waals surface area contributed by atoms with Crippen LogP contribution in [0.3, 0.4) is 0 Å². The van der Waals surface area contributed by atoms with Gasteiger partial charge in [-0.3, -0.25) is 4.79 Å². The molecule has 0 fully saturated rings. The van der Waals surface area contributed by atoms with Gasteiger partial charge >= 0.3 is 0 Å². The predicted molar refractivity (Wildman–Crippen MR) is 71.8 cm³/mol. The highest BCUT2D eigenvalue weighted by Gasteiger charge is 2.13. The second-order valence-corrected chi connectivity index (χ2v) is 5.12. The molecule has 0 radical (unpaired) electrons. The molecule has 0 saturated heterocycles. The summed E-state index contributed by atoms with van der Waals surface area (Å²) in [6.07, 6.45) is 3.03. The monoisotopic (exact) mass is 247 g/mol. The molecule has 0 aliphatic carbocycles. The first-order valence-corrected chi connectivity index (χ1v) is 6.65. The van der Waals surface area contributed by atoms with Crippen molar-refractivity contribution >= 4 is 5.78 Å². The molecule has 0 bridgehead atoms. The lowest BCUT2D eigenvalue weighted by Gasteiger charge is -2.07. The number of hydrogen-bond acceptors (Lipinski definition) is 3. The molecule has 0 amide bonds. The van der Waals surface area contributed by atoms with Crippen LogP contribution in [-0.4, -0.2) is 18.9 Å². The number of carbonyl (C=O) groups is 1. The maximum Gasteiger partial charge on any atom is 0.133 e. The molecule has 0 spiro atoms. The van der Waals surface area contributed by atoms with Crippen LogP contribution in [0.25, 0.3) is 0 Å². The summed E-state index contributed by atoms with van der Waals surface area (Å²) in [5, 5.41) is 0. The number of carbonyl (C=O) groups excluding carboxylic acids is 1. The summed E-state index contributed by atoms with van der Waals surface area (Å²) in [7, 11) is 0. The molecule has 1 atom stereocenters. The van der Waals surface area contributed by atoms with Crippen molar-refractivity contribution < 1.29 is 9.53 Å². The third-order valence-corrected chi connectivity index (χ3v) is 3.42. The summed E-state index contributed by atoms with van der Waals surface area (Å²) >= 11 is 0. The second kappa shape index (κ2) is 6.01. The van der Waals surface area contributed by atoms with E-state index in [9.17, 15) is 4.79 Å². The molecule has 1 aromatic rings. The summed E-state index contributed by atoms with van der Waals surface area (Å²) in [5.74, 6) is 1.61. The normalized spacial score (nSPS) is 15.0. The molecular weight excluding hydrogens is 226 g/mol. The number of hydrogen-bond donors (Lipinski definition) is 1. The summed E-state index contributed by atoms with van der Waals surface area (Å²) < 4.78 is 5.47. The number of nitrogens with two attached hydrogens (primary N) is 1. The highest BCUT2D eigenvalue weighted by atomic mass is 16.5. The lowest BCUT2D eigenvalue weighted by molar-refractivity contribution is -0.119. The quantitative estimate of drug-likeness (QED) is 0.837. The van der Waals surface area contributed by atoms with Crippen molar-refractivity contribution in [2.75, 3.05) is 13.2 Å². The Bertz CT molecular complexity index is 429. The average Bonchev–Trinajstić information content (AvgIpc) is 2.83. The molecule has 0 saturated carbocycles. The molecule has 1 unspecified atom stereocenters. The summed E-state index contributed by atoms with van der Waals surface area (Å²) in [6.45, 7) is 3.39. The van der Waals surface area contributed by atoms with Gasteiger partial charge < -0.3 is 10.5 Å². The number of ether oxygens (including phenoxy) is 1. The van der Waals surface area contributed by atoms with E-state index in [4.69, 9.17) is 10.5 Å². The molecule has 1 heterocycles. The number of rotatable bonds is 6. The summed E-state index contributed by atoms with van der Waals surface area (Å²) in [6, 6.07) is 6.25. The van der Waals surface area contributed by atoms with Crippen molar-refractivity contribution in [2.24, 2.45) is 11.7 Å². The molecule has 3 heteroatoms. The van der Waals surface area contributed by atoms with Crippen molar-refractivity contribution in [3.05, 3.63) is 29.3 Å². The minimum absolute atomic E-state index is 0.297. The average molecular weight is 247 g/mol. The molecule has 0 aromatic heterocycles. The maximum atomic E-state index is 11.7. The fraction of sp³-hybridized carbons (Fsp3) is 0.533. The minimum Gasteiger partial charge on any atom is -0.493 e. The second-order valence-electron chi connectivity index (χ2n) is 5.12. The Kier molecular flexibility index (Phi) is 4.37. The van der Waals surface area contributed by atoms with Crippen LogP contribution < -0.4 is 10.5 Å². The third kappa shape index (κ3) is 3.33. The van der Waals surface area contributed by atoms with Gasteiger partial charge in [-0.25, -0.2) is 0 Å². The van der Waals surface area contributed by atoms with Crippen molar-refractivity contribution in [2.45, 2.75) is 32.6 Å². The molecule has 98 valence electrons. The Labute approximate surface area is 108 Å². The molecule has 1 aromatic carbocycles. The van der Waals surface area contributed by atoms with Crippen LogP contribution in [0.5, 0.6) is 5.75 Å². The first-order chi connectivity index (χ1) is 8.69. The highest BCUT2D eigenvalue weighted by Crippen LogP contribution is 2.26. The van der Waals surface area contributed by atoms with Crippen LogP contribution in [0.2, 0.25) is 0 Å². The van der Waals surface area contributed by atoms with E-state index in [1.807, 2.05) is 13.0 Å². The smallest absolute Gasteiger partial charge is 0.133 e. The largest absolute Gasteiger partial charge is 0.493 e. The number of benzene rings is 1. The first-order valence-electron chi connectivity index (χ1n) is 6.65. The van der Waals surface area contributed by atoms with Crippen LogP contribution >= 0.6 is 0 Å². The topological polar surface area (TPSA) is 52.3 Å². The summed E-state index contributed by atoms with van der Waals surface area (Å²) in [5.41, 5.74) is 8.03. The number of Topliss-reactive ketones (excluding diaryl/α,β-unsaturated/α-hetero) is 1. The van der Waals surface area contributed by atoms with E-state index in [0.29, 0.717) is 31.1 Å². The van der Waals surface area contributed by atoms with Crippen LogP contribution in [0, 0.1) is 5.92 Å². The SMILES string of the molecule is CC(CN)CC(=O)CCc1ccc2c(c1)CCO2. The van der Waals surface area contributed by atoms with Crippen molar-refractivity contribution in [1.82, 2.24) is 0 Å². The van der Waals surface area contributed by atoms with Gasteiger partial charge in [0.2, 0.25) is 0 Å². The van der Waals surface area contributed by atoms with E-state index in [0.717, 1.165) is 25.2 Å². The van der Waals surface area contributed by atoms with Gasteiger partial charge in [-0.2, -0.15) is 0 Å². The van der Waals surface area contributed by atoms with E-state index >= 15 is 0 Å². The Morgan fingerprint density at radius 3 is 3.11 bits per heavy atom. The van der Waals surface area contributed by atoms with Gasteiger partial charge in [-0.05, 0) is 36.1 Å². The lowest BCUT2D eigenvalue weighted by atomic mass is 9.99. The molecule has 2 N–H and O–H groups in total. The molecule has 2 rings (SSSR count). The van der Waals surface area contributed by atoms with E-state index in [1.165, 1.54) is 11.1 Å². The van der Waals surface area contributed by atoms with Gasteiger partial charge in [0.1, 0.15) is 11.5 Å². The van der Waals surface area contributed by atoms with E-state index in [1.54, 1.807) is 0 Å². The molecular formula is C15H21NO2. The van der Waals surface area contributed by atoms with Gasteiger partial charge in [0.15, 0.2) is 0 Å². The van der Waals surface area contributed by atoms with Gasteiger partial charge in [0.25, 0.3) is 0 Å². The van der Waals surface area contributed by atoms with E-state index in [2.05, 4.69) is 12.1 Å². The number of ketones is 1. The van der Waals surface area contributed by atoms with Gasteiger partial charge in [0, 0.05) is 19.3 Å². The van der Waals surface area contributed by atoms with Crippen LogP contribution in [0.15, 0.2) is 18.2 Å². The van der Waals surface area contributed by atoms with E-state index < -0.39 is 0 Å². The van der Waals surface area contributed by atoms with Crippen molar-refractivity contribution in [1.29, 1.82) is 0 Å². The van der Waals surface area contributed by atoms with Crippen molar-refractivity contribution in [3.63, 3.8) is 0 Å². The maximum absolute atomic E-state index is 11.7. The van der Waals surface area contributed by atoms with Crippen LogP contribution in [-0.2, 0) is 17.6 Å². The Morgan fingerprint density at radius 1 is 1.50 bits per heavy atom. The fourth-order valence-corrected chi connectivity index (χ4v) is 2.25. The van der Waals surface area contributed by atoms with Gasteiger partial charge in [-0.15, -0.1) is 0 Å². The zero-order valence-electron chi connectivity index (χ0n) is 10.9. The van der Waals surface area contributed by atoms with Crippen LogP contribution in [0.4, 0.5) is 0 Å². The van der Waals surface area contributed by atoms with Gasteiger partial charge in [0.05, 0.1) is 6.61 Å². The zero-order valence-corrected chi connectivity index (χ0v) is 10.9. The zero-order chi connectivity index (χ0) is 13.0. The molecule has 1 aliphatic rings. The number of fused-ring (bicyclic) bond motifs is 1. The summed E-state index contributed by atoms with van der Waals surface area (Å²) in [4.78, 5) is 11.7. The molecule has 3 nitrogen and oxygen atoms in total. The first kappa shape index (κ1) is 13.1. The molecule has 1 aliphatic heterocycles. The molecule has 18 heavy (non-hydrogen) atoms. The highest BCUT2D eigenvalue weighted by molar-refractivity contribution is 5.78. The van der Waals surface area contributed by atoms with Crippen LogP contribution in [0.1, 0.15) is 30.9 Å². The third-order valence-electron chi connectivity index (χ3n) is 3.42. The number of aryl methyl sites for hydroxylation is 1. The van der Waals surface area contributed by atoms with E-state index in [-0.39, 0.29) is 0 Å². The Morgan fingerprint density at radius 2 is 2.33 bits per heavy atom. The minimum atomic E-state index is 0.297. The Hall–Kier alpha value is -1.35.